The molecule has 2 heterocycles. The number of fused-ring (bicyclic) bond motifs is 1. The summed E-state index contributed by atoms with van der Waals surface area (Å²) < 4.78 is 1.72. The van der Waals surface area contributed by atoms with Crippen LogP contribution in [0.2, 0.25) is 0 Å². The maximum Gasteiger partial charge on any atom is 0.155 e. The van der Waals surface area contributed by atoms with Gasteiger partial charge in [-0.2, -0.15) is 5.10 Å². The van der Waals surface area contributed by atoms with Crippen molar-refractivity contribution in [2.45, 2.75) is 0 Å². The molecular weight excluding hydrogens is 194 g/mol. The number of aromatic nitrogens is 3. The SMILES string of the molecule is Br.c1ccn2ncnc2c1. The Morgan fingerprint density at radius 3 is 3.00 bits per heavy atom. The van der Waals surface area contributed by atoms with E-state index in [2.05, 4.69) is 10.1 Å². The van der Waals surface area contributed by atoms with Gasteiger partial charge in [0.15, 0.2) is 5.65 Å². The molecule has 0 radical (unpaired) electrons. The number of nitrogens with zero attached hydrogens (tertiary/aromatic N) is 3. The van der Waals surface area contributed by atoms with Crippen LogP contribution in [0.25, 0.3) is 5.65 Å². The average Bonchev–Trinajstić information content (AvgIpc) is 2.33. The second-order valence-electron chi connectivity index (χ2n) is 1.76. The van der Waals surface area contributed by atoms with Gasteiger partial charge in [-0.1, -0.05) is 6.07 Å². The minimum absolute atomic E-state index is 0. The Hall–Kier alpha value is -0.900. The maximum atomic E-state index is 3.97. The lowest BCUT2D eigenvalue weighted by Gasteiger charge is -1.84. The molecule has 2 aromatic rings. The van der Waals surface area contributed by atoms with E-state index in [9.17, 15) is 0 Å². The quantitative estimate of drug-likeness (QED) is 0.641. The van der Waals surface area contributed by atoms with E-state index in [4.69, 9.17) is 0 Å². The maximum absolute atomic E-state index is 3.97. The molecule has 4 heteroatoms. The fourth-order valence-corrected chi connectivity index (χ4v) is 0.766. The Labute approximate surface area is 68.5 Å². The lowest BCUT2D eigenvalue weighted by atomic mass is 10.5. The molecular formula is C6H6BrN3. The van der Waals surface area contributed by atoms with Crippen LogP contribution in [0.1, 0.15) is 0 Å². The van der Waals surface area contributed by atoms with Crippen molar-refractivity contribution >= 4 is 22.6 Å². The molecule has 0 saturated heterocycles. The zero-order chi connectivity index (χ0) is 6.10. The summed E-state index contributed by atoms with van der Waals surface area (Å²) in [7, 11) is 0. The van der Waals surface area contributed by atoms with Crippen molar-refractivity contribution in [3.63, 3.8) is 0 Å². The van der Waals surface area contributed by atoms with E-state index in [1.54, 1.807) is 4.52 Å². The Bertz CT molecular complexity index is 287. The smallest absolute Gasteiger partial charge is 0.155 e. The molecule has 0 aliphatic heterocycles. The molecule has 0 bridgehead atoms. The summed E-state index contributed by atoms with van der Waals surface area (Å²) in [4.78, 5) is 3.97. The molecule has 2 rings (SSSR count). The molecule has 0 atom stereocenters. The van der Waals surface area contributed by atoms with E-state index < -0.39 is 0 Å². The third kappa shape index (κ3) is 1.02. The fraction of sp³-hybridized carbons (Fsp3) is 0. The first-order valence-corrected chi connectivity index (χ1v) is 2.71. The van der Waals surface area contributed by atoms with Crippen LogP contribution in [0, 0.1) is 0 Å². The molecule has 0 aromatic carbocycles. The van der Waals surface area contributed by atoms with E-state index >= 15 is 0 Å². The Morgan fingerprint density at radius 1 is 1.30 bits per heavy atom. The first-order valence-electron chi connectivity index (χ1n) is 2.71. The van der Waals surface area contributed by atoms with Crippen LogP contribution in [-0.4, -0.2) is 14.6 Å². The van der Waals surface area contributed by atoms with Crippen molar-refractivity contribution in [3.8, 4) is 0 Å². The van der Waals surface area contributed by atoms with Crippen molar-refractivity contribution in [3.05, 3.63) is 30.7 Å². The highest BCUT2D eigenvalue weighted by Gasteiger charge is 1.86. The second-order valence-corrected chi connectivity index (χ2v) is 1.76. The predicted molar refractivity (Wildman–Crippen MR) is 43.3 cm³/mol. The number of halogens is 1. The second kappa shape index (κ2) is 2.79. The van der Waals surface area contributed by atoms with Gasteiger partial charge in [-0.3, -0.25) is 0 Å². The standard InChI is InChI=1S/C6H5N3.BrH/c1-2-4-9-6(3-1)7-5-8-9;/h1-5H;1H. The number of pyridine rings is 1. The molecule has 10 heavy (non-hydrogen) atoms. The molecule has 0 spiro atoms. The highest BCUT2D eigenvalue weighted by molar-refractivity contribution is 8.93. The first kappa shape index (κ1) is 7.21. The van der Waals surface area contributed by atoms with Gasteiger partial charge in [-0.15, -0.1) is 17.0 Å². The lowest BCUT2D eigenvalue weighted by Crippen LogP contribution is -1.82. The number of hydrogen-bond acceptors (Lipinski definition) is 2. The molecule has 0 aliphatic carbocycles. The summed E-state index contributed by atoms with van der Waals surface area (Å²) in [6, 6.07) is 5.76. The van der Waals surface area contributed by atoms with Gasteiger partial charge in [0, 0.05) is 6.20 Å². The van der Waals surface area contributed by atoms with Crippen LogP contribution >= 0.6 is 17.0 Å². The Morgan fingerprint density at radius 2 is 2.20 bits per heavy atom. The number of rotatable bonds is 0. The third-order valence-electron chi connectivity index (χ3n) is 1.18. The predicted octanol–water partition coefficient (Wildman–Crippen LogP) is 1.31. The van der Waals surface area contributed by atoms with E-state index in [1.165, 1.54) is 6.33 Å². The Balaban J connectivity index is 0.000000500. The zero-order valence-electron chi connectivity index (χ0n) is 5.14. The highest BCUT2D eigenvalue weighted by Crippen LogP contribution is 1.93. The van der Waals surface area contributed by atoms with Crippen LogP contribution in [0.3, 0.4) is 0 Å². The number of hydrogen-bond donors (Lipinski definition) is 0. The summed E-state index contributed by atoms with van der Waals surface area (Å²) in [5, 5.41) is 3.92. The third-order valence-corrected chi connectivity index (χ3v) is 1.18. The monoisotopic (exact) mass is 199 g/mol. The first-order chi connectivity index (χ1) is 4.47. The van der Waals surface area contributed by atoms with Crippen molar-refractivity contribution in [2.24, 2.45) is 0 Å². The van der Waals surface area contributed by atoms with Gasteiger partial charge in [0.2, 0.25) is 0 Å². The van der Waals surface area contributed by atoms with Gasteiger partial charge < -0.3 is 0 Å². The Kier molecular flexibility index (Phi) is 2.01. The van der Waals surface area contributed by atoms with Crippen LogP contribution < -0.4 is 0 Å². The molecule has 0 amide bonds. The summed E-state index contributed by atoms with van der Waals surface area (Å²) >= 11 is 0. The molecule has 0 aliphatic rings. The van der Waals surface area contributed by atoms with E-state index in [-0.39, 0.29) is 17.0 Å². The van der Waals surface area contributed by atoms with Crippen molar-refractivity contribution in [2.75, 3.05) is 0 Å². The molecule has 0 fully saturated rings. The highest BCUT2D eigenvalue weighted by atomic mass is 79.9. The van der Waals surface area contributed by atoms with Crippen molar-refractivity contribution in [1.29, 1.82) is 0 Å². The zero-order valence-corrected chi connectivity index (χ0v) is 6.85. The fourth-order valence-electron chi connectivity index (χ4n) is 0.766. The van der Waals surface area contributed by atoms with Crippen LogP contribution in [0.4, 0.5) is 0 Å². The van der Waals surface area contributed by atoms with Crippen LogP contribution in [0.5, 0.6) is 0 Å². The molecule has 0 unspecified atom stereocenters. The van der Waals surface area contributed by atoms with Gasteiger partial charge in [-0.05, 0) is 12.1 Å². The van der Waals surface area contributed by atoms with Gasteiger partial charge >= 0.3 is 0 Å². The van der Waals surface area contributed by atoms with Gasteiger partial charge in [0.05, 0.1) is 0 Å². The lowest BCUT2D eigenvalue weighted by molar-refractivity contribution is 0.961. The minimum Gasteiger partial charge on any atom is -0.221 e. The van der Waals surface area contributed by atoms with Gasteiger partial charge in [0.1, 0.15) is 6.33 Å². The summed E-state index contributed by atoms with van der Waals surface area (Å²) in [6.07, 6.45) is 3.40. The summed E-state index contributed by atoms with van der Waals surface area (Å²) in [5.74, 6) is 0. The average molecular weight is 200 g/mol. The van der Waals surface area contributed by atoms with Gasteiger partial charge in [0.25, 0.3) is 0 Å². The minimum atomic E-state index is 0. The van der Waals surface area contributed by atoms with Crippen molar-refractivity contribution < 1.29 is 0 Å². The van der Waals surface area contributed by atoms with E-state index in [1.807, 2.05) is 24.4 Å². The summed E-state index contributed by atoms with van der Waals surface area (Å²) in [6.45, 7) is 0. The van der Waals surface area contributed by atoms with Crippen LogP contribution in [0.15, 0.2) is 30.7 Å². The topological polar surface area (TPSA) is 30.2 Å². The molecule has 3 nitrogen and oxygen atoms in total. The van der Waals surface area contributed by atoms with E-state index in [0.29, 0.717) is 0 Å². The normalized spacial score (nSPS) is 9.20. The van der Waals surface area contributed by atoms with E-state index in [0.717, 1.165) is 5.65 Å². The summed E-state index contributed by atoms with van der Waals surface area (Å²) in [5.41, 5.74) is 0.887. The molecule has 0 N–H and O–H groups in total. The van der Waals surface area contributed by atoms with Gasteiger partial charge in [-0.25, -0.2) is 9.50 Å². The van der Waals surface area contributed by atoms with Crippen molar-refractivity contribution in [1.82, 2.24) is 14.6 Å². The molecule has 2 aromatic heterocycles. The molecule has 52 valence electrons. The molecule has 0 saturated carbocycles. The van der Waals surface area contributed by atoms with Crippen LogP contribution in [-0.2, 0) is 0 Å². The largest absolute Gasteiger partial charge is 0.221 e.